The lowest BCUT2D eigenvalue weighted by Crippen LogP contribution is -2.09. The number of aromatic hydroxyl groups is 1. The van der Waals surface area contributed by atoms with Crippen molar-refractivity contribution in [2.75, 3.05) is 11.9 Å². The van der Waals surface area contributed by atoms with E-state index in [1.807, 2.05) is 48.5 Å². The summed E-state index contributed by atoms with van der Waals surface area (Å²) in [4.78, 5) is 12.4. The van der Waals surface area contributed by atoms with E-state index in [0.717, 1.165) is 16.3 Å². The second-order valence-electron chi connectivity index (χ2n) is 5.14. The molecule has 0 unspecified atom stereocenters. The first kappa shape index (κ1) is 14.1. The maximum Gasteiger partial charge on any atom is 0.165 e. The van der Waals surface area contributed by atoms with Gasteiger partial charge in [-0.15, -0.1) is 0 Å². The number of carbonyl (C=O) groups is 1. The van der Waals surface area contributed by atoms with E-state index in [1.54, 1.807) is 18.2 Å². The number of phenolic OH excluding ortho intramolecular Hbond substituents is 1. The van der Waals surface area contributed by atoms with Gasteiger partial charge in [0, 0.05) is 18.5 Å². The predicted octanol–water partition coefficient (Wildman–Crippen LogP) is 4.23. The quantitative estimate of drug-likeness (QED) is 0.546. The van der Waals surface area contributed by atoms with Crippen molar-refractivity contribution >= 4 is 22.2 Å². The van der Waals surface area contributed by atoms with Gasteiger partial charge in [-0.3, -0.25) is 4.79 Å². The molecule has 0 amide bonds. The van der Waals surface area contributed by atoms with Gasteiger partial charge < -0.3 is 10.4 Å². The number of Topliss-reactive ketones (excluding diaryl/α,β-unsaturated/α-hetero) is 1. The molecular formula is C19H17NO2. The molecular weight excluding hydrogens is 274 g/mol. The van der Waals surface area contributed by atoms with Crippen LogP contribution >= 0.6 is 0 Å². The number of rotatable bonds is 5. The summed E-state index contributed by atoms with van der Waals surface area (Å²) in [6, 6.07) is 20.7. The Bertz CT molecular complexity index is 806. The number of benzene rings is 3. The molecule has 3 aromatic carbocycles. The molecule has 0 aliphatic carbocycles. The van der Waals surface area contributed by atoms with Crippen LogP contribution in [0.1, 0.15) is 16.8 Å². The zero-order chi connectivity index (χ0) is 15.4. The minimum absolute atomic E-state index is 0.0970. The van der Waals surface area contributed by atoms with Crippen molar-refractivity contribution in [1.29, 1.82) is 0 Å². The topological polar surface area (TPSA) is 49.3 Å². The summed E-state index contributed by atoms with van der Waals surface area (Å²) in [6.45, 7) is 0.486. The van der Waals surface area contributed by atoms with Crippen LogP contribution in [0.15, 0.2) is 66.7 Å². The van der Waals surface area contributed by atoms with Gasteiger partial charge >= 0.3 is 0 Å². The van der Waals surface area contributed by atoms with Crippen LogP contribution in [-0.4, -0.2) is 17.4 Å². The number of phenols is 1. The molecule has 0 fully saturated rings. The molecule has 0 aliphatic rings. The van der Waals surface area contributed by atoms with E-state index in [1.165, 1.54) is 0 Å². The van der Waals surface area contributed by atoms with Crippen molar-refractivity contribution in [3.63, 3.8) is 0 Å². The Labute approximate surface area is 129 Å². The summed E-state index contributed by atoms with van der Waals surface area (Å²) >= 11 is 0. The van der Waals surface area contributed by atoms with Gasteiger partial charge in [-0.2, -0.15) is 0 Å². The summed E-state index contributed by atoms with van der Waals surface area (Å²) in [7, 11) is 0. The number of anilines is 1. The van der Waals surface area contributed by atoms with Crippen LogP contribution in [0.4, 0.5) is 5.69 Å². The Kier molecular flexibility index (Phi) is 4.05. The van der Waals surface area contributed by atoms with E-state index in [0.29, 0.717) is 18.7 Å². The van der Waals surface area contributed by atoms with Crippen molar-refractivity contribution in [2.45, 2.75) is 6.42 Å². The van der Waals surface area contributed by atoms with Crippen molar-refractivity contribution in [1.82, 2.24) is 0 Å². The highest BCUT2D eigenvalue weighted by molar-refractivity contribution is 6.08. The number of para-hydroxylation sites is 2. The molecule has 0 spiro atoms. The Morgan fingerprint density at radius 3 is 2.50 bits per heavy atom. The first-order valence-electron chi connectivity index (χ1n) is 7.28. The Morgan fingerprint density at radius 1 is 0.909 bits per heavy atom. The van der Waals surface area contributed by atoms with Gasteiger partial charge in [0.1, 0.15) is 5.75 Å². The third-order valence-corrected chi connectivity index (χ3v) is 3.66. The number of carbonyl (C=O) groups excluding carboxylic acids is 1. The van der Waals surface area contributed by atoms with Crippen LogP contribution in [0.3, 0.4) is 0 Å². The molecule has 0 heterocycles. The number of hydrogen-bond donors (Lipinski definition) is 2. The minimum Gasteiger partial charge on any atom is -0.506 e. The van der Waals surface area contributed by atoms with Gasteiger partial charge in [0.25, 0.3) is 0 Å². The maximum absolute atomic E-state index is 12.4. The third-order valence-electron chi connectivity index (χ3n) is 3.66. The highest BCUT2D eigenvalue weighted by atomic mass is 16.3. The molecule has 0 saturated heterocycles. The molecule has 0 bridgehead atoms. The molecule has 0 saturated carbocycles. The van der Waals surface area contributed by atoms with E-state index in [4.69, 9.17) is 0 Å². The van der Waals surface area contributed by atoms with E-state index < -0.39 is 0 Å². The molecule has 0 aromatic heterocycles. The van der Waals surface area contributed by atoms with Gasteiger partial charge in [-0.25, -0.2) is 0 Å². The van der Waals surface area contributed by atoms with Crippen LogP contribution in [0.5, 0.6) is 5.75 Å². The predicted molar refractivity (Wildman–Crippen MR) is 89.5 cm³/mol. The van der Waals surface area contributed by atoms with Crippen LogP contribution in [0.2, 0.25) is 0 Å². The fraction of sp³-hybridized carbons (Fsp3) is 0.105. The second-order valence-corrected chi connectivity index (χ2v) is 5.14. The summed E-state index contributed by atoms with van der Waals surface area (Å²) < 4.78 is 0. The highest BCUT2D eigenvalue weighted by Gasteiger charge is 2.09. The lowest BCUT2D eigenvalue weighted by molar-refractivity contribution is 0.0988. The Hall–Kier alpha value is -2.81. The first-order chi connectivity index (χ1) is 10.8. The van der Waals surface area contributed by atoms with Gasteiger partial charge in [-0.05, 0) is 22.9 Å². The fourth-order valence-corrected chi connectivity index (χ4v) is 2.54. The molecule has 0 atom stereocenters. The lowest BCUT2D eigenvalue weighted by Gasteiger charge is -2.09. The highest BCUT2D eigenvalue weighted by Crippen LogP contribution is 2.22. The van der Waals surface area contributed by atoms with Gasteiger partial charge in [0.15, 0.2) is 5.78 Å². The smallest absolute Gasteiger partial charge is 0.165 e. The van der Waals surface area contributed by atoms with Crippen molar-refractivity contribution < 1.29 is 9.90 Å². The number of hydrogen-bond acceptors (Lipinski definition) is 3. The summed E-state index contributed by atoms with van der Waals surface area (Å²) in [6.07, 6.45) is 0.377. The zero-order valence-corrected chi connectivity index (χ0v) is 12.1. The lowest BCUT2D eigenvalue weighted by atomic mass is 10.00. The molecule has 2 N–H and O–H groups in total. The second kappa shape index (κ2) is 6.31. The fourth-order valence-electron chi connectivity index (χ4n) is 2.54. The largest absolute Gasteiger partial charge is 0.506 e. The average molecular weight is 291 g/mol. The van der Waals surface area contributed by atoms with Crippen LogP contribution < -0.4 is 5.32 Å². The molecule has 3 nitrogen and oxygen atoms in total. The van der Waals surface area contributed by atoms with Crippen molar-refractivity contribution in [2.24, 2.45) is 0 Å². The van der Waals surface area contributed by atoms with Gasteiger partial charge in [-0.1, -0.05) is 54.6 Å². The molecule has 22 heavy (non-hydrogen) atoms. The molecule has 0 radical (unpaired) electrons. The van der Waals surface area contributed by atoms with Gasteiger partial charge in [0.05, 0.1) is 5.69 Å². The maximum atomic E-state index is 12.4. The third kappa shape index (κ3) is 2.93. The number of nitrogens with one attached hydrogen (secondary N) is 1. The monoisotopic (exact) mass is 291 g/mol. The SMILES string of the molecule is O=C(CCNc1ccccc1O)c1cccc2ccccc12. The van der Waals surface area contributed by atoms with Crippen LogP contribution in [0.25, 0.3) is 10.8 Å². The molecule has 3 rings (SSSR count). The van der Waals surface area contributed by atoms with Crippen molar-refractivity contribution in [3.8, 4) is 5.75 Å². The molecule has 3 aromatic rings. The van der Waals surface area contributed by atoms with Gasteiger partial charge in [0.2, 0.25) is 0 Å². The Morgan fingerprint density at radius 2 is 1.64 bits per heavy atom. The van der Waals surface area contributed by atoms with E-state index in [-0.39, 0.29) is 11.5 Å². The number of fused-ring (bicyclic) bond motifs is 1. The summed E-state index contributed by atoms with van der Waals surface area (Å²) in [5.41, 5.74) is 1.39. The average Bonchev–Trinajstić information content (AvgIpc) is 2.56. The first-order valence-corrected chi connectivity index (χ1v) is 7.28. The van der Waals surface area contributed by atoms with E-state index >= 15 is 0 Å². The normalized spacial score (nSPS) is 10.5. The molecule has 0 aliphatic heterocycles. The van der Waals surface area contributed by atoms with E-state index in [9.17, 15) is 9.90 Å². The zero-order valence-electron chi connectivity index (χ0n) is 12.1. The van der Waals surface area contributed by atoms with E-state index in [2.05, 4.69) is 5.32 Å². The minimum atomic E-state index is 0.0970. The van der Waals surface area contributed by atoms with Crippen LogP contribution in [-0.2, 0) is 0 Å². The van der Waals surface area contributed by atoms with Crippen molar-refractivity contribution in [3.05, 3.63) is 72.3 Å². The summed E-state index contributed by atoms with van der Waals surface area (Å²) in [5, 5.41) is 14.8. The Balaban J connectivity index is 1.70. The summed E-state index contributed by atoms with van der Waals surface area (Å²) in [5.74, 6) is 0.292. The van der Waals surface area contributed by atoms with Crippen LogP contribution in [0, 0.1) is 0 Å². The standard InChI is InChI=1S/C19H17NO2/c21-18(12-13-20-17-10-3-4-11-19(17)22)16-9-5-7-14-6-1-2-8-15(14)16/h1-11,20,22H,12-13H2. The number of ketones is 1. The molecule has 3 heteroatoms. The molecule has 110 valence electrons.